The quantitative estimate of drug-likeness (QED) is 0.616. The Balaban J connectivity index is 2.02. The molecule has 20 heavy (non-hydrogen) atoms. The Morgan fingerprint density at radius 2 is 1.90 bits per heavy atom. The third-order valence-corrected chi connectivity index (χ3v) is 4.37. The van der Waals surface area contributed by atoms with Gasteiger partial charge in [-0.15, -0.1) is 0 Å². The Morgan fingerprint density at radius 3 is 2.60 bits per heavy atom. The molecule has 1 aliphatic rings. The average molecular weight is 300 g/mol. The molecule has 0 aromatic carbocycles. The van der Waals surface area contributed by atoms with Gasteiger partial charge in [0.1, 0.15) is 11.1 Å². The van der Waals surface area contributed by atoms with E-state index in [1.54, 1.807) is 7.11 Å². The summed E-state index contributed by atoms with van der Waals surface area (Å²) >= 11 is -1.29. The van der Waals surface area contributed by atoms with Gasteiger partial charge in [-0.3, -0.25) is 9.98 Å². The topological polar surface area (TPSA) is 88.6 Å². The second kappa shape index (κ2) is 8.39. The first-order chi connectivity index (χ1) is 9.79. The van der Waals surface area contributed by atoms with Crippen molar-refractivity contribution < 1.29 is 9.29 Å². The summed E-state index contributed by atoms with van der Waals surface area (Å²) in [5.41, 5.74) is 1.27. The second-order valence-electron chi connectivity index (χ2n) is 5.24. The minimum Gasteiger partial charge on any atom is -0.549 e. The van der Waals surface area contributed by atoms with Crippen molar-refractivity contribution in [1.82, 2.24) is 8.75 Å². The molecule has 6 nitrogen and oxygen atoms in total. The smallest absolute Gasteiger partial charge is 0.219 e. The van der Waals surface area contributed by atoms with Crippen LogP contribution in [0.2, 0.25) is 0 Å². The maximum atomic E-state index is 11.5. The maximum absolute atomic E-state index is 11.5. The Labute approximate surface area is 122 Å². The Hall–Kier alpha value is -0.920. The summed E-state index contributed by atoms with van der Waals surface area (Å²) in [5.74, 6) is 0.668. The molecule has 1 fully saturated rings. The van der Waals surface area contributed by atoms with Crippen LogP contribution in [0.5, 0.6) is 0 Å². The van der Waals surface area contributed by atoms with Gasteiger partial charge in [0.15, 0.2) is 0 Å². The molecule has 0 amide bonds. The van der Waals surface area contributed by atoms with E-state index in [1.807, 2.05) is 0 Å². The number of rotatable bonds is 6. The number of nitrogens with one attached hydrogen (secondary N) is 2. The number of hydrogen-bond acceptors (Lipinski definition) is 4. The van der Waals surface area contributed by atoms with Gasteiger partial charge in [0.25, 0.3) is 0 Å². The first-order valence-electron chi connectivity index (χ1n) is 7.33. The molecule has 114 valence electrons. The van der Waals surface area contributed by atoms with Crippen LogP contribution in [0.4, 0.5) is 0 Å². The summed E-state index contributed by atoms with van der Waals surface area (Å²) in [4.78, 5) is 8.96. The molecule has 2 rings (SSSR count). The van der Waals surface area contributed by atoms with Gasteiger partial charge >= 0.3 is 0 Å². The highest BCUT2D eigenvalue weighted by atomic mass is 32.2. The van der Waals surface area contributed by atoms with Gasteiger partial charge in [-0.2, -0.15) is 8.75 Å². The van der Waals surface area contributed by atoms with E-state index in [-0.39, 0.29) is 0 Å². The van der Waals surface area contributed by atoms with E-state index in [4.69, 9.17) is 4.74 Å². The molecule has 1 unspecified atom stereocenters. The third kappa shape index (κ3) is 4.88. The van der Waals surface area contributed by atoms with E-state index in [0.29, 0.717) is 30.0 Å². The molecule has 0 radical (unpaired) electrons. The summed E-state index contributed by atoms with van der Waals surface area (Å²) in [6.45, 7) is 2.14. The molecular weight excluding hydrogens is 276 g/mol. The number of aromatic amines is 2. The molecule has 7 heteroatoms. The van der Waals surface area contributed by atoms with Crippen molar-refractivity contribution in [1.29, 1.82) is 0 Å². The van der Waals surface area contributed by atoms with Crippen molar-refractivity contribution in [3.05, 3.63) is 11.0 Å². The zero-order chi connectivity index (χ0) is 14.2. The summed E-state index contributed by atoms with van der Waals surface area (Å²) in [6.07, 6.45) is 7.34. The largest absolute Gasteiger partial charge is 0.549 e. The van der Waals surface area contributed by atoms with Crippen LogP contribution in [0.15, 0.2) is 9.98 Å². The minimum absolute atomic E-state index is 0.621. The number of H-pyrrole nitrogens is 2. The molecule has 1 heterocycles. The summed E-state index contributed by atoms with van der Waals surface area (Å²) in [6, 6.07) is 0. The van der Waals surface area contributed by atoms with Crippen molar-refractivity contribution in [2.75, 3.05) is 26.8 Å². The fourth-order valence-corrected chi connectivity index (χ4v) is 3.23. The van der Waals surface area contributed by atoms with Gasteiger partial charge in [-0.05, 0) is 25.2 Å². The Bertz CT molecular complexity index is 511. The average Bonchev–Trinajstić information content (AvgIpc) is 2.83. The molecule has 2 N–H and O–H groups in total. The molecule has 0 bridgehead atoms. The number of methoxy groups -OCH3 is 1. The SMILES string of the molecule is COCCCN=c1[nH][s+]([O-])[nH]c1=NCC1CCCCC1. The molecule has 1 aliphatic carbocycles. The van der Waals surface area contributed by atoms with Crippen LogP contribution in [0, 0.1) is 5.92 Å². The second-order valence-corrected chi connectivity index (χ2v) is 6.19. The fraction of sp³-hybridized carbons (Fsp3) is 0.846. The van der Waals surface area contributed by atoms with Crippen LogP contribution in [0.3, 0.4) is 0 Å². The zero-order valence-electron chi connectivity index (χ0n) is 12.1. The lowest BCUT2D eigenvalue weighted by Gasteiger charge is -2.18. The van der Waals surface area contributed by atoms with Gasteiger partial charge in [0.2, 0.25) is 11.0 Å². The van der Waals surface area contributed by atoms with E-state index in [2.05, 4.69) is 18.7 Å². The molecule has 1 atom stereocenters. The third-order valence-electron chi connectivity index (χ3n) is 3.61. The lowest BCUT2D eigenvalue weighted by molar-refractivity contribution is 0.196. The summed E-state index contributed by atoms with van der Waals surface area (Å²) in [5, 5.41) is 0. The van der Waals surface area contributed by atoms with Crippen LogP contribution in [-0.4, -0.2) is 40.1 Å². The molecule has 0 saturated heterocycles. The molecule has 0 spiro atoms. The summed E-state index contributed by atoms with van der Waals surface area (Å²) < 4.78 is 22.1. The van der Waals surface area contributed by atoms with Gasteiger partial charge < -0.3 is 9.29 Å². The fourth-order valence-electron chi connectivity index (χ4n) is 2.50. The van der Waals surface area contributed by atoms with Gasteiger partial charge in [0, 0.05) is 26.8 Å². The van der Waals surface area contributed by atoms with Gasteiger partial charge in [0.05, 0.1) is 0 Å². The predicted molar refractivity (Wildman–Crippen MR) is 77.7 cm³/mol. The highest BCUT2D eigenvalue weighted by Gasteiger charge is 2.12. The summed E-state index contributed by atoms with van der Waals surface area (Å²) in [7, 11) is 1.68. The standard InChI is InChI=1S/C13H24N4O2S/c1-19-9-5-8-14-12-13(17-20(18)16-12)15-10-11-6-3-2-4-7-11/h11H,2-10H2,1H3,(H,14,16)(H,15,17). The highest BCUT2D eigenvalue weighted by molar-refractivity contribution is 7.13. The van der Waals surface area contributed by atoms with Gasteiger partial charge in [-0.1, -0.05) is 19.3 Å². The van der Waals surface area contributed by atoms with E-state index >= 15 is 0 Å². The van der Waals surface area contributed by atoms with Crippen LogP contribution < -0.4 is 11.0 Å². The van der Waals surface area contributed by atoms with Crippen LogP contribution in [-0.2, 0) is 4.74 Å². The van der Waals surface area contributed by atoms with E-state index < -0.39 is 11.1 Å². The first-order valence-corrected chi connectivity index (χ1v) is 8.48. The lowest BCUT2D eigenvalue weighted by atomic mass is 9.89. The lowest BCUT2D eigenvalue weighted by Crippen LogP contribution is -2.27. The van der Waals surface area contributed by atoms with Crippen LogP contribution >= 0.6 is 11.1 Å². The number of hydrogen-bond donors (Lipinski definition) is 2. The first kappa shape index (κ1) is 15.5. The molecule has 1 aromatic heterocycles. The Kier molecular flexibility index (Phi) is 6.49. The predicted octanol–water partition coefficient (Wildman–Crippen LogP) is 1.49. The van der Waals surface area contributed by atoms with E-state index in [0.717, 1.165) is 13.0 Å². The Morgan fingerprint density at radius 1 is 1.20 bits per heavy atom. The molecule has 0 aliphatic heterocycles. The molecule has 1 aromatic rings. The number of nitrogens with zero attached hydrogens (tertiary/aromatic N) is 2. The maximum Gasteiger partial charge on any atom is 0.219 e. The van der Waals surface area contributed by atoms with Crippen LogP contribution in [0.25, 0.3) is 0 Å². The van der Waals surface area contributed by atoms with Crippen molar-refractivity contribution in [2.45, 2.75) is 38.5 Å². The zero-order valence-corrected chi connectivity index (χ0v) is 12.9. The van der Waals surface area contributed by atoms with Crippen molar-refractivity contribution in [3.8, 4) is 0 Å². The number of aromatic nitrogens is 2. The van der Waals surface area contributed by atoms with Crippen LogP contribution in [0.1, 0.15) is 38.5 Å². The molecule has 1 saturated carbocycles. The van der Waals surface area contributed by atoms with Gasteiger partial charge in [-0.25, -0.2) is 0 Å². The molecular formula is C13H24N4O2S. The van der Waals surface area contributed by atoms with Crippen molar-refractivity contribution in [3.63, 3.8) is 0 Å². The van der Waals surface area contributed by atoms with Crippen molar-refractivity contribution >= 4 is 11.1 Å². The normalized spacial score (nSPS) is 19.8. The van der Waals surface area contributed by atoms with E-state index in [1.165, 1.54) is 32.1 Å². The minimum atomic E-state index is -1.29. The highest BCUT2D eigenvalue weighted by Crippen LogP contribution is 2.23. The van der Waals surface area contributed by atoms with Crippen molar-refractivity contribution in [2.24, 2.45) is 15.9 Å². The van der Waals surface area contributed by atoms with E-state index in [9.17, 15) is 4.55 Å². The monoisotopic (exact) mass is 300 g/mol. The number of ether oxygens (including phenoxy) is 1.